The number of hydrogen-bond acceptors (Lipinski definition) is 7. The second kappa shape index (κ2) is 10.5. The quantitative estimate of drug-likeness (QED) is 0.297. The number of aromatic nitrogens is 4. The Balaban J connectivity index is 1.71. The maximum Gasteiger partial charge on any atom is 0.303 e. The Bertz CT molecular complexity index is 1350. The molecule has 0 bridgehead atoms. The fourth-order valence-corrected chi connectivity index (χ4v) is 3.65. The molecule has 0 saturated carbocycles. The first-order chi connectivity index (χ1) is 17.0. The van der Waals surface area contributed by atoms with E-state index in [-0.39, 0.29) is 31.1 Å². The zero-order valence-electron chi connectivity index (χ0n) is 18.8. The van der Waals surface area contributed by atoms with Crippen molar-refractivity contribution in [3.63, 3.8) is 0 Å². The number of hydrogen-bond donors (Lipinski definition) is 3. The normalized spacial score (nSPS) is 11.7. The molecular formula is C25H24N6O4. The predicted octanol–water partition coefficient (Wildman–Crippen LogP) is 3.58. The van der Waals surface area contributed by atoms with Gasteiger partial charge in [-0.25, -0.2) is 14.6 Å². The van der Waals surface area contributed by atoms with E-state index in [4.69, 9.17) is 15.6 Å². The molecule has 35 heavy (non-hydrogen) atoms. The molecule has 1 unspecified atom stereocenters. The summed E-state index contributed by atoms with van der Waals surface area (Å²) in [5.74, 6) is 0.290. The number of benzene rings is 2. The van der Waals surface area contributed by atoms with Crippen molar-refractivity contribution in [2.45, 2.75) is 18.9 Å². The van der Waals surface area contributed by atoms with E-state index in [1.165, 1.54) is 6.33 Å². The summed E-state index contributed by atoms with van der Waals surface area (Å²) in [5.41, 5.74) is 7.94. The van der Waals surface area contributed by atoms with Crippen LogP contribution in [0.4, 0.5) is 5.82 Å². The van der Waals surface area contributed by atoms with Crippen LogP contribution in [0.25, 0.3) is 22.3 Å². The van der Waals surface area contributed by atoms with Crippen LogP contribution in [0.1, 0.15) is 18.9 Å². The number of rotatable bonds is 10. The van der Waals surface area contributed by atoms with Gasteiger partial charge in [0.15, 0.2) is 5.65 Å². The number of carboxylic acids is 1. The van der Waals surface area contributed by atoms with Gasteiger partial charge in [0.05, 0.1) is 11.4 Å². The van der Waals surface area contributed by atoms with Gasteiger partial charge in [-0.3, -0.25) is 9.59 Å². The zero-order chi connectivity index (χ0) is 24.8. The topological polar surface area (TPSA) is 145 Å². The summed E-state index contributed by atoms with van der Waals surface area (Å²) in [5, 5.41) is 17.2. The third kappa shape index (κ3) is 5.44. The molecule has 0 fully saturated rings. The van der Waals surface area contributed by atoms with Crippen molar-refractivity contribution in [2.24, 2.45) is 0 Å². The van der Waals surface area contributed by atoms with Gasteiger partial charge < -0.3 is 20.9 Å². The molecule has 1 atom stereocenters. The Morgan fingerprint density at radius 1 is 1.11 bits per heavy atom. The van der Waals surface area contributed by atoms with Crippen molar-refractivity contribution in [3.05, 3.63) is 73.6 Å². The highest BCUT2D eigenvalue weighted by Gasteiger charge is 2.23. The number of nitrogens with zero attached hydrogens (tertiary/aromatic N) is 4. The maximum absolute atomic E-state index is 11.8. The molecule has 0 aliphatic heterocycles. The minimum atomic E-state index is -0.954. The SMILES string of the molecule is C=CC(=O)NCC(CCC(=O)O)n1nc(-c2ccc(Oc3ccccc3)cc2)c2c(N)ncnc21. The number of para-hydroxylation sites is 1. The number of carboxylic acid groups (broad SMARTS) is 1. The van der Waals surface area contributed by atoms with E-state index in [0.29, 0.717) is 22.5 Å². The number of fused-ring (bicyclic) bond motifs is 1. The van der Waals surface area contributed by atoms with Gasteiger partial charge in [0.1, 0.15) is 29.3 Å². The molecular weight excluding hydrogens is 448 g/mol. The van der Waals surface area contributed by atoms with E-state index in [9.17, 15) is 14.7 Å². The monoisotopic (exact) mass is 472 g/mol. The summed E-state index contributed by atoms with van der Waals surface area (Å²) >= 11 is 0. The Morgan fingerprint density at radius 2 is 1.83 bits per heavy atom. The van der Waals surface area contributed by atoms with Gasteiger partial charge in [-0.05, 0) is 48.9 Å². The number of carbonyl (C=O) groups is 2. The predicted molar refractivity (Wildman–Crippen MR) is 131 cm³/mol. The van der Waals surface area contributed by atoms with Crippen LogP contribution in [0.15, 0.2) is 73.6 Å². The first-order valence-electron chi connectivity index (χ1n) is 10.9. The molecule has 1 amide bonds. The van der Waals surface area contributed by atoms with Crippen molar-refractivity contribution in [3.8, 4) is 22.8 Å². The van der Waals surface area contributed by atoms with Gasteiger partial charge in [-0.15, -0.1) is 0 Å². The number of ether oxygens (including phenoxy) is 1. The highest BCUT2D eigenvalue weighted by Crippen LogP contribution is 2.33. The number of anilines is 1. The molecule has 4 aromatic rings. The summed E-state index contributed by atoms with van der Waals surface area (Å²) in [6.45, 7) is 3.59. The molecule has 10 nitrogen and oxygen atoms in total. The van der Waals surface area contributed by atoms with Crippen LogP contribution in [0.3, 0.4) is 0 Å². The van der Waals surface area contributed by atoms with E-state index in [1.807, 2.05) is 54.6 Å². The van der Waals surface area contributed by atoms with Crippen LogP contribution >= 0.6 is 0 Å². The van der Waals surface area contributed by atoms with Crippen molar-refractivity contribution >= 4 is 28.7 Å². The standard InChI is InChI=1S/C25H24N6O4/c1-2-20(32)27-14-17(10-13-21(33)34)31-25-22(24(26)28-15-29-25)23(30-31)16-8-11-19(12-9-16)35-18-6-4-3-5-7-18/h2-9,11-12,15,17H,1,10,13-14H2,(H,27,32)(H,33,34)(H2,26,28,29). The fraction of sp³-hybridized carbons (Fsp3) is 0.160. The Kier molecular flexibility index (Phi) is 7.01. The largest absolute Gasteiger partial charge is 0.481 e. The van der Waals surface area contributed by atoms with Crippen molar-refractivity contribution < 1.29 is 19.4 Å². The van der Waals surface area contributed by atoms with Crippen molar-refractivity contribution in [1.82, 2.24) is 25.1 Å². The average Bonchev–Trinajstić information content (AvgIpc) is 3.25. The lowest BCUT2D eigenvalue weighted by molar-refractivity contribution is -0.137. The number of nitrogens with two attached hydrogens (primary N) is 1. The van der Waals surface area contributed by atoms with E-state index in [2.05, 4.69) is 21.9 Å². The van der Waals surface area contributed by atoms with Gasteiger partial charge in [-0.1, -0.05) is 24.8 Å². The molecule has 2 aromatic carbocycles. The number of nitrogen functional groups attached to an aromatic ring is 1. The smallest absolute Gasteiger partial charge is 0.303 e. The second-order valence-corrected chi connectivity index (χ2v) is 7.73. The Morgan fingerprint density at radius 3 is 2.51 bits per heavy atom. The highest BCUT2D eigenvalue weighted by molar-refractivity contribution is 5.98. The Labute approximate surface area is 201 Å². The van der Waals surface area contributed by atoms with Crippen molar-refractivity contribution in [2.75, 3.05) is 12.3 Å². The minimum absolute atomic E-state index is 0.114. The number of aliphatic carboxylic acids is 1. The van der Waals surface area contributed by atoms with Crippen LogP contribution < -0.4 is 15.8 Å². The molecule has 2 aromatic heterocycles. The number of carbonyl (C=O) groups excluding carboxylic acids is 1. The molecule has 4 rings (SSSR count). The third-order valence-corrected chi connectivity index (χ3v) is 5.36. The molecule has 0 spiro atoms. The number of nitrogens with one attached hydrogen (secondary N) is 1. The lowest BCUT2D eigenvalue weighted by Gasteiger charge is -2.17. The molecule has 0 radical (unpaired) electrons. The maximum atomic E-state index is 11.8. The number of amides is 1. The summed E-state index contributed by atoms with van der Waals surface area (Å²) in [6.07, 6.45) is 2.58. The lowest BCUT2D eigenvalue weighted by Crippen LogP contribution is -2.30. The van der Waals surface area contributed by atoms with E-state index >= 15 is 0 Å². The lowest BCUT2D eigenvalue weighted by atomic mass is 10.1. The van der Waals surface area contributed by atoms with Gasteiger partial charge >= 0.3 is 5.97 Å². The van der Waals surface area contributed by atoms with Crippen molar-refractivity contribution in [1.29, 1.82) is 0 Å². The van der Waals surface area contributed by atoms with E-state index in [0.717, 1.165) is 17.4 Å². The van der Waals surface area contributed by atoms with Crippen LogP contribution in [-0.4, -0.2) is 43.3 Å². The third-order valence-electron chi connectivity index (χ3n) is 5.36. The molecule has 4 N–H and O–H groups in total. The van der Waals surface area contributed by atoms with Crippen LogP contribution in [0.5, 0.6) is 11.5 Å². The van der Waals surface area contributed by atoms with Crippen LogP contribution in [-0.2, 0) is 9.59 Å². The second-order valence-electron chi connectivity index (χ2n) is 7.73. The minimum Gasteiger partial charge on any atom is -0.481 e. The average molecular weight is 473 g/mol. The first-order valence-corrected chi connectivity index (χ1v) is 10.9. The first kappa shape index (κ1) is 23.4. The molecule has 10 heteroatoms. The summed E-state index contributed by atoms with van der Waals surface area (Å²) < 4.78 is 7.46. The Hall–Kier alpha value is -4.73. The van der Waals surface area contributed by atoms with Crippen LogP contribution in [0, 0.1) is 0 Å². The molecule has 178 valence electrons. The molecule has 0 aliphatic rings. The van der Waals surface area contributed by atoms with Gasteiger partial charge in [0.25, 0.3) is 0 Å². The summed E-state index contributed by atoms with van der Waals surface area (Å²) in [6, 6.07) is 16.3. The van der Waals surface area contributed by atoms with Crippen LogP contribution in [0.2, 0.25) is 0 Å². The highest BCUT2D eigenvalue weighted by atomic mass is 16.5. The van der Waals surface area contributed by atoms with Gasteiger partial charge in [0.2, 0.25) is 5.91 Å². The van der Waals surface area contributed by atoms with E-state index < -0.39 is 12.0 Å². The van der Waals surface area contributed by atoms with Gasteiger partial charge in [-0.2, -0.15) is 5.10 Å². The van der Waals surface area contributed by atoms with Gasteiger partial charge in [0, 0.05) is 18.5 Å². The molecule has 2 heterocycles. The fourth-order valence-electron chi connectivity index (χ4n) is 3.65. The molecule has 0 saturated heterocycles. The molecule has 0 aliphatic carbocycles. The zero-order valence-corrected chi connectivity index (χ0v) is 18.8. The van der Waals surface area contributed by atoms with E-state index in [1.54, 1.807) is 4.68 Å². The summed E-state index contributed by atoms with van der Waals surface area (Å²) in [7, 11) is 0. The summed E-state index contributed by atoms with van der Waals surface area (Å²) in [4.78, 5) is 31.5.